The van der Waals surface area contributed by atoms with Gasteiger partial charge < -0.3 is 10.5 Å². The molecule has 0 heterocycles. The van der Waals surface area contributed by atoms with Crippen molar-refractivity contribution < 1.29 is 9.53 Å². The molecule has 3 rings (SSSR count). The first-order valence-electron chi connectivity index (χ1n) is 7.85. The summed E-state index contributed by atoms with van der Waals surface area (Å²) in [5.41, 5.74) is 9.18. The zero-order valence-corrected chi connectivity index (χ0v) is 13.5. The zero-order chi connectivity index (χ0) is 16.9. The third kappa shape index (κ3) is 3.63. The second-order valence-electron chi connectivity index (χ2n) is 5.64. The third-order valence-corrected chi connectivity index (χ3v) is 3.82. The fraction of sp³-hybridized carbons (Fsp3) is 0.0952. The molecule has 0 radical (unpaired) electrons. The van der Waals surface area contributed by atoms with Crippen LogP contribution in [0.25, 0.3) is 11.1 Å². The fourth-order valence-corrected chi connectivity index (χ4v) is 2.54. The topological polar surface area (TPSA) is 52.3 Å². The monoisotopic (exact) mass is 317 g/mol. The normalized spacial score (nSPS) is 11.7. The van der Waals surface area contributed by atoms with E-state index in [4.69, 9.17) is 10.5 Å². The van der Waals surface area contributed by atoms with E-state index >= 15 is 0 Å². The Morgan fingerprint density at radius 3 is 2.21 bits per heavy atom. The van der Waals surface area contributed by atoms with Gasteiger partial charge in [0.05, 0.1) is 0 Å². The largest absolute Gasteiger partial charge is 0.482 e. The number of Topliss-reactive ketones (excluding diaryl/α,β-unsaturated/α-hetero) is 1. The lowest BCUT2D eigenvalue weighted by Gasteiger charge is -2.14. The van der Waals surface area contributed by atoms with E-state index in [2.05, 4.69) is 0 Å². The second-order valence-corrected chi connectivity index (χ2v) is 5.64. The molecule has 0 amide bonds. The number of nitrogens with two attached hydrogens (primary N) is 1. The molecule has 0 aliphatic heterocycles. The molecule has 0 spiro atoms. The summed E-state index contributed by atoms with van der Waals surface area (Å²) >= 11 is 0. The number of ketones is 1. The molecule has 0 aliphatic carbocycles. The van der Waals surface area contributed by atoms with Crippen LogP contribution >= 0.6 is 0 Å². The highest BCUT2D eigenvalue weighted by molar-refractivity contribution is 5.99. The van der Waals surface area contributed by atoms with Gasteiger partial charge in [-0.3, -0.25) is 4.79 Å². The number of nitrogen functional groups attached to an aromatic ring is 1. The Kier molecular flexibility index (Phi) is 4.62. The molecule has 24 heavy (non-hydrogen) atoms. The van der Waals surface area contributed by atoms with Crippen LogP contribution in [0.2, 0.25) is 0 Å². The van der Waals surface area contributed by atoms with Crippen LogP contribution in [0, 0.1) is 0 Å². The van der Waals surface area contributed by atoms with E-state index in [0.29, 0.717) is 17.0 Å². The summed E-state index contributed by atoms with van der Waals surface area (Å²) in [5, 5.41) is 0. The lowest BCUT2D eigenvalue weighted by molar-refractivity contribution is 0.0818. The summed E-state index contributed by atoms with van der Waals surface area (Å²) in [6.07, 6.45) is -0.575. The molecule has 0 aliphatic rings. The van der Waals surface area contributed by atoms with Crippen LogP contribution in [-0.4, -0.2) is 11.9 Å². The number of anilines is 1. The Hall–Kier alpha value is -3.07. The van der Waals surface area contributed by atoms with Crippen molar-refractivity contribution in [3.05, 3.63) is 84.4 Å². The summed E-state index contributed by atoms with van der Waals surface area (Å²) in [6, 6.07) is 24.7. The minimum atomic E-state index is -0.575. The fourth-order valence-electron chi connectivity index (χ4n) is 2.54. The summed E-state index contributed by atoms with van der Waals surface area (Å²) in [5.74, 6) is 0.536. The molecule has 1 atom stereocenters. The molecular weight excluding hydrogens is 298 g/mol. The molecule has 0 saturated carbocycles. The highest BCUT2D eigenvalue weighted by atomic mass is 16.5. The molecule has 0 bridgehead atoms. The third-order valence-electron chi connectivity index (χ3n) is 3.82. The molecule has 120 valence electrons. The van der Waals surface area contributed by atoms with Gasteiger partial charge in [-0.1, -0.05) is 60.7 Å². The van der Waals surface area contributed by atoms with Gasteiger partial charge in [0.2, 0.25) is 5.78 Å². The first-order valence-corrected chi connectivity index (χ1v) is 7.85. The molecule has 3 nitrogen and oxygen atoms in total. The number of carbonyl (C=O) groups excluding carboxylic acids is 1. The van der Waals surface area contributed by atoms with E-state index in [1.54, 1.807) is 31.2 Å². The standard InChI is InChI=1S/C21H19NO2/c1-15(24-20-9-5-8-19(22)14-20)21(23)18-12-10-17(11-13-18)16-6-3-2-4-7-16/h2-15H,22H2,1H3. The van der Waals surface area contributed by atoms with Crippen molar-refractivity contribution in [2.24, 2.45) is 0 Å². The number of carbonyl (C=O) groups is 1. The summed E-state index contributed by atoms with van der Waals surface area (Å²) < 4.78 is 5.70. The molecule has 3 aromatic carbocycles. The SMILES string of the molecule is CC(Oc1cccc(N)c1)C(=O)c1ccc(-c2ccccc2)cc1. The summed E-state index contributed by atoms with van der Waals surface area (Å²) in [4.78, 5) is 12.5. The van der Waals surface area contributed by atoms with Crippen LogP contribution in [0.3, 0.4) is 0 Å². The number of ether oxygens (including phenoxy) is 1. The maximum absolute atomic E-state index is 12.5. The minimum absolute atomic E-state index is 0.0583. The van der Waals surface area contributed by atoms with Crippen LogP contribution in [0.15, 0.2) is 78.9 Å². The van der Waals surface area contributed by atoms with Gasteiger partial charge in [-0.15, -0.1) is 0 Å². The van der Waals surface area contributed by atoms with Gasteiger partial charge in [-0.05, 0) is 30.2 Å². The molecular formula is C21H19NO2. The minimum Gasteiger partial charge on any atom is -0.482 e. The van der Waals surface area contributed by atoms with E-state index in [0.717, 1.165) is 11.1 Å². The Morgan fingerprint density at radius 2 is 1.54 bits per heavy atom. The Balaban J connectivity index is 1.72. The smallest absolute Gasteiger partial charge is 0.202 e. The van der Waals surface area contributed by atoms with Gasteiger partial charge in [0.25, 0.3) is 0 Å². The summed E-state index contributed by atoms with van der Waals surface area (Å²) in [7, 11) is 0. The predicted molar refractivity (Wildman–Crippen MR) is 97.2 cm³/mol. The number of rotatable bonds is 5. The van der Waals surface area contributed by atoms with Crippen LogP contribution < -0.4 is 10.5 Å². The van der Waals surface area contributed by atoms with Gasteiger partial charge in [-0.25, -0.2) is 0 Å². The van der Waals surface area contributed by atoms with E-state index in [9.17, 15) is 4.79 Å². The number of hydrogen-bond donors (Lipinski definition) is 1. The average Bonchev–Trinajstić information content (AvgIpc) is 2.62. The average molecular weight is 317 g/mol. The lowest BCUT2D eigenvalue weighted by Crippen LogP contribution is -2.23. The predicted octanol–water partition coefficient (Wildman–Crippen LogP) is 4.59. The van der Waals surface area contributed by atoms with Gasteiger partial charge in [-0.2, -0.15) is 0 Å². The van der Waals surface area contributed by atoms with Crippen molar-refractivity contribution in [3.63, 3.8) is 0 Å². The number of hydrogen-bond acceptors (Lipinski definition) is 3. The van der Waals surface area contributed by atoms with Crippen LogP contribution in [0.1, 0.15) is 17.3 Å². The molecule has 0 aromatic heterocycles. The van der Waals surface area contributed by atoms with E-state index in [1.807, 2.05) is 54.6 Å². The first-order chi connectivity index (χ1) is 11.6. The molecule has 3 aromatic rings. The van der Waals surface area contributed by atoms with Crippen molar-refractivity contribution in [1.29, 1.82) is 0 Å². The Morgan fingerprint density at radius 1 is 0.875 bits per heavy atom. The van der Waals surface area contributed by atoms with E-state index < -0.39 is 6.10 Å². The lowest BCUT2D eigenvalue weighted by atomic mass is 10.0. The van der Waals surface area contributed by atoms with Crippen LogP contribution in [0.4, 0.5) is 5.69 Å². The van der Waals surface area contributed by atoms with Crippen LogP contribution in [0.5, 0.6) is 5.75 Å². The van der Waals surface area contributed by atoms with Crippen LogP contribution in [-0.2, 0) is 0 Å². The van der Waals surface area contributed by atoms with Gasteiger partial charge >= 0.3 is 0 Å². The van der Waals surface area contributed by atoms with Crippen molar-refractivity contribution in [3.8, 4) is 16.9 Å². The van der Waals surface area contributed by atoms with Gasteiger partial charge in [0.1, 0.15) is 5.75 Å². The molecule has 2 N–H and O–H groups in total. The summed E-state index contributed by atoms with van der Waals surface area (Å²) in [6.45, 7) is 1.75. The zero-order valence-electron chi connectivity index (χ0n) is 13.5. The van der Waals surface area contributed by atoms with E-state index in [-0.39, 0.29) is 5.78 Å². The maximum atomic E-state index is 12.5. The van der Waals surface area contributed by atoms with Crippen molar-refractivity contribution in [1.82, 2.24) is 0 Å². The van der Waals surface area contributed by atoms with Gasteiger partial charge in [0, 0.05) is 17.3 Å². The molecule has 0 saturated heterocycles. The number of benzene rings is 3. The molecule has 1 unspecified atom stereocenters. The quantitative estimate of drug-likeness (QED) is 0.553. The highest BCUT2D eigenvalue weighted by Gasteiger charge is 2.17. The van der Waals surface area contributed by atoms with Crippen molar-refractivity contribution in [2.45, 2.75) is 13.0 Å². The van der Waals surface area contributed by atoms with E-state index in [1.165, 1.54) is 0 Å². The first kappa shape index (κ1) is 15.8. The Bertz CT molecular complexity index is 826. The van der Waals surface area contributed by atoms with Crippen molar-refractivity contribution in [2.75, 3.05) is 5.73 Å². The maximum Gasteiger partial charge on any atom is 0.202 e. The molecule has 3 heteroatoms. The van der Waals surface area contributed by atoms with Gasteiger partial charge in [0.15, 0.2) is 6.10 Å². The Labute approximate surface area is 141 Å². The van der Waals surface area contributed by atoms with Crippen molar-refractivity contribution >= 4 is 11.5 Å². The molecule has 0 fully saturated rings. The second kappa shape index (κ2) is 7.01. The highest BCUT2D eigenvalue weighted by Crippen LogP contribution is 2.21.